The summed E-state index contributed by atoms with van der Waals surface area (Å²) in [5.41, 5.74) is 8.95. The Balaban J connectivity index is 2.05. The van der Waals surface area contributed by atoms with Crippen LogP contribution >= 0.6 is 11.8 Å². The number of nitrogens with zero attached hydrogens (tertiary/aromatic N) is 2. The second-order valence-corrected chi connectivity index (χ2v) is 7.66. The van der Waals surface area contributed by atoms with E-state index in [4.69, 9.17) is 5.73 Å². The van der Waals surface area contributed by atoms with Gasteiger partial charge in [-0.25, -0.2) is 0 Å². The molecule has 2 N–H and O–H groups in total. The van der Waals surface area contributed by atoms with Gasteiger partial charge in [0.25, 0.3) is 5.91 Å². The number of hydrogen-bond donors (Lipinski definition) is 1. The molecule has 3 rings (SSSR count). The van der Waals surface area contributed by atoms with Crippen molar-refractivity contribution in [2.24, 2.45) is 5.73 Å². The van der Waals surface area contributed by atoms with E-state index >= 15 is 0 Å². The molecule has 1 aliphatic rings. The molecule has 5 nitrogen and oxygen atoms in total. The van der Waals surface area contributed by atoms with Gasteiger partial charge in [-0.05, 0) is 43.5 Å². The molecule has 1 heterocycles. The summed E-state index contributed by atoms with van der Waals surface area (Å²) in [6.07, 6.45) is 0.508. The number of thioether (sulfide) groups is 1. The molecule has 1 aliphatic heterocycles. The Morgan fingerprint density at radius 1 is 1.19 bits per heavy atom. The van der Waals surface area contributed by atoms with Gasteiger partial charge in [0.1, 0.15) is 16.7 Å². The van der Waals surface area contributed by atoms with Gasteiger partial charge in [-0.3, -0.25) is 14.5 Å². The third kappa shape index (κ3) is 3.88. The number of nitrogens with two attached hydrogens (primary N) is 1. The fourth-order valence-electron chi connectivity index (χ4n) is 3.05. The molecule has 2 aromatic carbocycles. The molecule has 1 fully saturated rings. The molecule has 0 saturated carbocycles. The molecular weight excluding hydrogens is 358 g/mol. The van der Waals surface area contributed by atoms with E-state index < -0.39 is 11.2 Å². The molecule has 1 atom stereocenters. The van der Waals surface area contributed by atoms with Gasteiger partial charge in [-0.1, -0.05) is 53.7 Å². The van der Waals surface area contributed by atoms with Crippen molar-refractivity contribution in [3.8, 4) is 6.07 Å². The second kappa shape index (κ2) is 7.68. The minimum absolute atomic E-state index is 0.156. The SMILES string of the molecule is Cc1cccc(CC2S/C(=C(\C#N)C(N)=O)N(c3cccc(C)c3)C2=O)c1. The first kappa shape index (κ1) is 18.7. The van der Waals surface area contributed by atoms with Crippen molar-refractivity contribution in [2.75, 3.05) is 4.90 Å². The monoisotopic (exact) mass is 377 g/mol. The van der Waals surface area contributed by atoms with Crippen molar-refractivity contribution in [1.82, 2.24) is 0 Å². The van der Waals surface area contributed by atoms with Crippen LogP contribution in [-0.4, -0.2) is 17.1 Å². The summed E-state index contributed by atoms with van der Waals surface area (Å²) in [7, 11) is 0. The van der Waals surface area contributed by atoms with Gasteiger partial charge >= 0.3 is 0 Å². The van der Waals surface area contributed by atoms with Crippen molar-refractivity contribution in [3.05, 3.63) is 75.8 Å². The molecule has 0 bridgehead atoms. The fourth-order valence-corrected chi connectivity index (χ4v) is 4.37. The van der Waals surface area contributed by atoms with Crippen molar-refractivity contribution in [2.45, 2.75) is 25.5 Å². The van der Waals surface area contributed by atoms with Crippen LogP contribution in [0.3, 0.4) is 0 Å². The highest BCUT2D eigenvalue weighted by molar-refractivity contribution is 8.05. The zero-order valence-electron chi connectivity index (χ0n) is 15.1. The maximum absolute atomic E-state index is 13.2. The van der Waals surface area contributed by atoms with E-state index in [-0.39, 0.29) is 11.5 Å². The summed E-state index contributed by atoms with van der Waals surface area (Å²) in [5.74, 6) is -0.988. The molecule has 1 saturated heterocycles. The largest absolute Gasteiger partial charge is 0.365 e. The molecule has 0 aromatic heterocycles. The van der Waals surface area contributed by atoms with Crippen LogP contribution in [0.15, 0.2) is 59.1 Å². The second-order valence-electron chi connectivity index (χ2n) is 6.47. The number of aryl methyl sites for hydroxylation is 2. The van der Waals surface area contributed by atoms with Crippen molar-refractivity contribution < 1.29 is 9.59 Å². The van der Waals surface area contributed by atoms with E-state index in [0.29, 0.717) is 17.1 Å². The van der Waals surface area contributed by atoms with Gasteiger partial charge < -0.3 is 5.73 Å². The number of carbonyl (C=O) groups is 2. The van der Waals surface area contributed by atoms with Crippen LogP contribution in [0.2, 0.25) is 0 Å². The highest BCUT2D eigenvalue weighted by Gasteiger charge is 2.40. The summed E-state index contributed by atoms with van der Waals surface area (Å²) in [4.78, 5) is 26.4. The molecule has 1 unspecified atom stereocenters. The Hall–Kier alpha value is -3.04. The predicted molar refractivity (Wildman–Crippen MR) is 107 cm³/mol. The lowest BCUT2D eigenvalue weighted by atomic mass is 10.1. The number of carbonyl (C=O) groups excluding carboxylic acids is 2. The first-order chi connectivity index (χ1) is 12.9. The van der Waals surface area contributed by atoms with E-state index in [0.717, 1.165) is 16.7 Å². The molecular formula is C21H19N3O2S. The maximum atomic E-state index is 13.2. The number of nitriles is 1. The van der Waals surface area contributed by atoms with Gasteiger partial charge in [0, 0.05) is 5.69 Å². The van der Waals surface area contributed by atoms with Crippen molar-refractivity contribution in [1.29, 1.82) is 5.26 Å². The molecule has 0 radical (unpaired) electrons. The highest BCUT2D eigenvalue weighted by Crippen LogP contribution is 2.42. The van der Waals surface area contributed by atoms with Gasteiger partial charge in [-0.15, -0.1) is 0 Å². The molecule has 2 aromatic rings. The van der Waals surface area contributed by atoms with Crippen LogP contribution < -0.4 is 10.6 Å². The Morgan fingerprint density at radius 2 is 1.85 bits per heavy atom. The summed E-state index contributed by atoms with van der Waals surface area (Å²) < 4.78 is 0. The Labute approximate surface area is 162 Å². The average molecular weight is 377 g/mol. The van der Waals surface area contributed by atoms with E-state index in [9.17, 15) is 14.9 Å². The van der Waals surface area contributed by atoms with E-state index in [2.05, 4.69) is 0 Å². The van der Waals surface area contributed by atoms with E-state index in [1.807, 2.05) is 62.4 Å². The molecule has 0 spiro atoms. The topological polar surface area (TPSA) is 87.2 Å². The summed E-state index contributed by atoms with van der Waals surface area (Å²) >= 11 is 1.22. The Kier molecular flexibility index (Phi) is 5.33. The Bertz CT molecular complexity index is 991. The number of anilines is 1. The zero-order valence-corrected chi connectivity index (χ0v) is 15.9. The first-order valence-electron chi connectivity index (χ1n) is 8.47. The quantitative estimate of drug-likeness (QED) is 0.655. The van der Waals surface area contributed by atoms with Crippen molar-refractivity contribution >= 4 is 29.3 Å². The van der Waals surface area contributed by atoms with Gasteiger partial charge in [0.05, 0.1) is 5.25 Å². The van der Waals surface area contributed by atoms with Gasteiger partial charge in [0.2, 0.25) is 5.91 Å². The molecule has 136 valence electrons. The van der Waals surface area contributed by atoms with Crippen LogP contribution in [0.5, 0.6) is 0 Å². The predicted octanol–water partition coefficient (Wildman–Crippen LogP) is 3.22. The molecule has 2 amide bonds. The highest BCUT2D eigenvalue weighted by atomic mass is 32.2. The van der Waals surface area contributed by atoms with Crippen LogP contribution in [-0.2, 0) is 16.0 Å². The number of primary amides is 1. The van der Waals surface area contributed by atoms with Gasteiger partial charge in [0.15, 0.2) is 0 Å². The minimum Gasteiger partial charge on any atom is -0.365 e. The van der Waals surface area contributed by atoms with Crippen LogP contribution in [0.25, 0.3) is 0 Å². The molecule has 6 heteroatoms. The normalized spacial score (nSPS) is 18.3. The molecule has 0 aliphatic carbocycles. The minimum atomic E-state index is -0.832. The van der Waals surface area contributed by atoms with Gasteiger partial charge in [-0.2, -0.15) is 5.26 Å². The summed E-state index contributed by atoms with van der Waals surface area (Å²) in [6.45, 7) is 3.92. The number of benzene rings is 2. The van der Waals surface area contributed by atoms with Crippen molar-refractivity contribution in [3.63, 3.8) is 0 Å². The number of hydrogen-bond acceptors (Lipinski definition) is 4. The van der Waals surface area contributed by atoms with Crippen LogP contribution in [0.4, 0.5) is 5.69 Å². The summed E-state index contributed by atoms with van der Waals surface area (Å²) in [5, 5.41) is 9.29. The number of rotatable bonds is 4. The lowest BCUT2D eigenvalue weighted by Gasteiger charge is -2.18. The third-order valence-electron chi connectivity index (χ3n) is 4.29. The number of amides is 2. The smallest absolute Gasteiger partial charge is 0.262 e. The zero-order chi connectivity index (χ0) is 19.6. The first-order valence-corrected chi connectivity index (χ1v) is 9.35. The van der Waals surface area contributed by atoms with Crippen LogP contribution in [0, 0.1) is 25.2 Å². The maximum Gasteiger partial charge on any atom is 0.262 e. The third-order valence-corrected chi connectivity index (χ3v) is 5.55. The standard InChI is InChI=1S/C21H19N3O2S/c1-13-5-3-7-15(9-13)11-18-20(26)24(16-8-4-6-14(2)10-16)21(27-18)17(12-22)19(23)25/h3-10,18H,11H2,1-2H3,(H2,23,25)/b21-17+. The average Bonchev–Trinajstić information content (AvgIpc) is 2.91. The lowest BCUT2D eigenvalue weighted by molar-refractivity contribution is -0.117. The Morgan fingerprint density at radius 3 is 2.44 bits per heavy atom. The van der Waals surface area contributed by atoms with E-state index in [1.54, 1.807) is 6.07 Å². The van der Waals surface area contributed by atoms with E-state index in [1.165, 1.54) is 16.7 Å². The summed E-state index contributed by atoms with van der Waals surface area (Å²) in [6, 6.07) is 17.2. The fraction of sp³-hybridized carbons (Fsp3) is 0.190. The van der Waals surface area contributed by atoms with Crippen LogP contribution in [0.1, 0.15) is 16.7 Å². The lowest BCUT2D eigenvalue weighted by Crippen LogP contribution is -2.31. The molecule has 27 heavy (non-hydrogen) atoms.